The van der Waals surface area contributed by atoms with Gasteiger partial charge < -0.3 is 5.32 Å². The highest BCUT2D eigenvalue weighted by molar-refractivity contribution is 5.22. The van der Waals surface area contributed by atoms with Gasteiger partial charge in [-0.05, 0) is 53.2 Å². The summed E-state index contributed by atoms with van der Waals surface area (Å²) in [7, 11) is 0. The Balaban J connectivity index is 2.15. The minimum absolute atomic E-state index is 0.00980. The highest BCUT2D eigenvalue weighted by Gasteiger charge is 2.20. The largest absolute Gasteiger partial charge is 0.303 e. The van der Waals surface area contributed by atoms with Gasteiger partial charge in [-0.1, -0.05) is 0 Å². The summed E-state index contributed by atoms with van der Waals surface area (Å²) < 4.78 is 15.3. The Labute approximate surface area is 131 Å². The normalized spacial score (nSPS) is 14.9. The molecule has 0 aliphatic rings. The first-order valence-electron chi connectivity index (χ1n) is 7.61. The number of hydrogen-bond donors (Lipinski definition) is 1. The average molecular weight is 304 g/mol. The lowest BCUT2D eigenvalue weighted by molar-refractivity contribution is 0.353. The topological polar surface area (TPSA) is 42.7 Å². The van der Waals surface area contributed by atoms with E-state index in [1.54, 1.807) is 6.20 Å². The molecule has 2 aromatic heterocycles. The molecule has 0 saturated carbocycles. The van der Waals surface area contributed by atoms with Gasteiger partial charge in [-0.2, -0.15) is 5.10 Å². The summed E-state index contributed by atoms with van der Waals surface area (Å²) in [4.78, 5) is 3.91. The number of pyridine rings is 1. The monoisotopic (exact) mass is 304 g/mol. The van der Waals surface area contributed by atoms with Gasteiger partial charge in [0.05, 0.1) is 17.4 Å². The minimum Gasteiger partial charge on any atom is -0.303 e. The van der Waals surface area contributed by atoms with Crippen molar-refractivity contribution < 1.29 is 4.39 Å². The minimum atomic E-state index is -0.310. The molecule has 2 aromatic rings. The lowest BCUT2D eigenvalue weighted by Gasteiger charge is -2.21. The van der Waals surface area contributed by atoms with Gasteiger partial charge in [-0.25, -0.2) is 4.39 Å². The first-order chi connectivity index (χ1) is 10.2. The third kappa shape index (κ3) is 3.71. The zero-order chi connectivity index (χ0) is 16.5. The molecular formula is C17H25FN4. The van der Waals surface area contributed by atoms with E-state index in [-0.39, 0.29) is 23.4 Å². The van der Waals surface area contributed by atoms with E-state index < -0.39 is 0 Å². The van der Waals surface area contributed by atoms with Crippen LogP contribution in [0.1, 0.15) is 63.5 Å². The smallest absolute Gasteiger partial charge is 0.141 e. The first kappa shape index (κ1) is 16.6. The second-order valence-electron chi connectivity index (χ2n) is 6.83. The molecule has 1 N–H and O–H groups in total. The van der Waals surface area contributed by atoms with E-state index in [1.165, 1.54) is 12.3 Å². The van der Waals surface area contributed by atoms with Crippen molar-refractivity contribution >= 4 is 0 Å². The molecule has 4 nitrogen and oxygen atoms in total. The Kier molecular flexibility index (Phi) is 4.66. The molecule has 0 unspecified atom stereocenters. The van der Waals surface area contributed by atoms with Crippen molar-refractivity contribution in [2.75, 3.05) is 0 Å². The molecule has 2 rings (SSSR count). The maximum Gasteiger partial charge on any atom is 0.141 e. The van der Waals surface area contributed by atoms with E-state index >= 15 is 0 Å². The van der Waals surface area contributed by atoms with Gasteiger partial charge in [0, 0.05) is 30.0 Å². The molecule has 0 bridgehead atoms. The van der Waals surface area contributed by atoms with Gasteiger partial charge in [0.1, 0.15) is 5.82 Å². The van der Waals surface area contributed by atoms with E-state index in [2.05, 4.69) is 49.3 Å². The molecule has 5 heteroatoms. The summed E-state index contributed by atoms with van der Waals surface area (Å²) in [5.41, 5.74) is 2.97. The Morgan fingerprint density at radius 3 is 2.41 bits per heavy atom. The SMILES string of the molecule is Cc1nn(C(C)(C)C)cc1[C@H](C)N[C@H](C)c1cncc(F)c1. The quantitative estimate of drug-likeness (QED) is 0.931. The molecule has 2 heterocycles. The van der Waals surface area contributed by atoms with Gasteiger partial charge in [0.25, 0.3) is 0 Å². The van der Waals surface area contributed by atoms with Crippen LogP contribution in [0.2, 0.25) is 0 Å². The number of halogens is 1. The van der Waals surface area contributed by atoms with Crippen LogP contribution in [0.3, 0.4) is 0 Å². The fourth-order valence-electron chi connectivity index (χ4n) is 2.47. The fourth-order valence-corrected chi connectivity index (χ4v) is 2.47. The van der Waals surface area contributed by atoms with Crippen molar-refractivity contribution in [1.82, 2.24) is 20.1 Å². The van der Waals surface area contributed by atoms with Crippen LogP contribution in [0.4, 0.5) is 4.39 Å². The predicted molar refractivity (Wildman–Crippen MR) is 86.1 cm³/mol. The molecule has 22 heavy (non-hydrogen) atoms. The highest BCUT2D eigenvalue weighted by atomic mass is 19.1. The van der Waals surface area contributed by atoms with Crippen molar-refractivity contribution in [1.29, 1.82) is 0 Å². The molecule has 0 aliphatic carbocycles. The summed E-state index contributed by atoms with van der Waals surface area (Å²) in [5, 5.41) is 8.09. The van der Waals surface area contributed by atoms with Crippen molar-refractivity contribution in [3.05, 3.63) is 47.3 Å². The number of aryl methyl sites for hydroxylation is 1. The Morgan fingerprint density at radius 2 is 1.86 bits per heavy atom. The van der Waals surface area contributed by atoms with Crippen molar-refractivity contribution in [3.8, 4) is 0 Å². The summed E-state index contributed by atoms with van der Waals surface area (Å²) in [6.07, 6.45) is 5.00. The van der Waals surface area contributed by atoms with Gasteiger partial charge in [-0.3, -0.25) is 9.67 Å². The molecule has 0 aromatic carbocycles. The standard InChI is InChI=1S/C17H25FN4/c1-11(14-7-15(18)9-19-8-14)20-12(2)16-10-22(17(4,5)6)21-13(16)3/h7-12,20H,1-6H3/t11-,12+/m1/s1. The highest BCUT2D eigenvalue weighted by Crippen LogP contribution is 2.24. The third-order valence-corrected chi connectivity index (χ3v) is 3.82. The van der Waals surface area contributed by atoms with E-state index in [0.29, 0.717) is 0 Å². The maximum atomic E-state index is 13.3. The van der Waals surface area contributed by atoms with Crippen molar-refractivity contribution in [2.45, 2.75) is 59.2 Å². The molecule has 0 radical (unpaired) electrons. The third-order valence-electron chi connectivity index (χ3n) is 3.82. The van der Waals surface area contributed by atoms with E-state index in [4.69, 9.17) is 0 Å². The molecule has 2 atom stereocenters. The fraction of sp³-hybridized carbons (Fsp3) is 0.529. The van der Waals surface area contributed by atoms with Gasteiger partial charge in [0.15, 0.2) is 0 Å². The molecule has 120 valence electrons. The van der Waals surface area contributed by atoms with Crippen LogP contribution in [0.5, 0.6) is 0 Å². The summed E-state index contributed by atoms with van der Waals surface area (Å²) >= 11 is 0. The van der Waals surface area contributed by atoms with Crippen molar-refractivity contribution in [3.63, 3.8) is 0 Å². The summed E-state index contributed by atoms with van der Waals surface area (Å²) in [5.74, 6) is -0.310. The predicted octanol–water partition coefficient (Wildman–Crippen LogP) is 3.89. The van der Waals surface area contributed by atoms with Crippen LogP contribution in [-0.4, -0.2) is 14.8 Å². The Bertz CT molecular complexity index is 642. The zero-order valence-corrected chi connectivity index (χ0v) is 14.2. The first-order valence-corrected chi connectivity index (χ1v) is 7.61. The number of aromatic nitrogens is 3. The Hall–Kier alpha value is -1.75. The van der Waals surface area contributed by atoms with E-state index in [1.807, 2.05) is 18.5 Å². The maximum absolute atomic E-state index is 13.3. The second-order valence-corrected chi connectivity index (χ2v) is 6.83. The molecule has 0 amide bonds. The van der Waals surface area contributed by atoms with E-state index in [0.717, 1.165) is 16.8 Å². The number of hydrogen-bond acceptors (Lipinski definition) is 3. The van der Waals surface area contributed by atoms with Crippen LogP contribution in [0, 0.1) is 12.7 Å². The van der Waals surface area contributed by atoms with Gasteiger partial charge in [0.2, 0.25) is 0 Å². The van der Waals surface area contributed by atoms with Crippen LogP contribution in [-0.2, 0) is 5.54 Å². The average Bonchev–Trinajstić information content (AvgIpc) is 2.81. The molecule has 0 spiro atoms. The number of rotatable bonds is 4. The summed E-state index contributed by atoms with van der Waals surface area (Å²) in [6, 6.07) is 1.65. The number of nitrogens with one attached hydrogen (secondary N) is 1. The van der Waals surface area contributed by atoms with Crippen LogP contribution in [0.25, 0.3) is 0 Å². The van der Waals surface area contributed by atoms with Crippen molar-refractivity contribution in [2.24, 2.45) is 0 Å². The molecular weight excluding hydrogens is 279 g/mol. The molecule has 0 fully saturated rings. The van der Waals surface area contributed by atoms with Crippen LogP contribution < -0.4 is 5.32 Å². The van der Waals surface area contributed by atoms with Crippen LogP contribution in [0.15, 0.2) is 24.7 Å². The van der Waals surface area contributed by atoms with Gasteiger partial charge in [-0.15, -0.1) is 0 Å². The number of nitrogens with zero attached hydrogens (tertiary/aromatic N) is 3. The molecule has 0 aliphatic heterocycles. The van der Waals surface area contributed by atoms with Crippen LogP contribution >= 0.6 is 0 Å². The molecule has 0 saturated heterocycles. The summed E-state index contributed by atoms with van der Waals surface area (Å²) in [6.45, 7) is 12.5. The lowest BCUT2D eigenvalue weighted by atomic mass is 10.1. The van der Waals surface area contributed by atoms with E-state index in [9.17, 15) is 4.39 Å². The lowest BCUT2D eigenvalue weighted by Crippen LogP contribution is -2.23. The second kappa shape index (κ2) is 6.16. The Morgan fingerprint density at radius 1 is 1.18 bits per heavy atom. The van der Waals surface area contributed by atoms with Gasteiger partial charge >= 0.3 is 0 Å². The zero-order valence-electron chi connectivity index (χ0n) is 14.2.